The van der Waals surface area contributed by atoms with Gasteiger partial charge < -0.3 is 15.2 Å². The van der Waals surface area contributed by atoms with Gasteiger partial charge >= 0.3 is 0 Å². The molecule has 1 aromatic rings. The summed E-state index contributed by atoms with van der Waals surface area (Å²) in [5, 5.41) is 13.4. The van der Waals surface area contributed by atoms with Crippen LogP contribution in [0.1, 0.15) is 32.3 Å². The molecule has 0 aliphatic heterocycles. The first-order chi connectivity index (χ1) is 9.12. The topological polar surface area (TPSA) is 41.5 Å². The van der Waals surface area contributed by atoms with E-state index < -0.39 is 0 Å². The van der Waals surface area contributed by atoms with Gasteiger partial charge in [-0.1, -0.05) is 37.0 Å². The van der Waals surface area contributed by atoms with Crippen LogP contribution in [0.15, 0.2) is 12.1 Å². The highest BCUT2D eigenvalue weighted by molar-refractivity contribution is 6.37. The van der Waals surface area contributed by atoms with Gasteiger partial charge in [-0.2, -0.15) is 0 Å². The van der Waals surface area contributed by atoms with Gasteiger partial charge in [0.25, 0.3) is 0 Å². The highest BCUT2D eigenvalue weighted by Gasteiger charge is 2.10. The second kappa shape index (κ2) is 8.64. The Hall–Kier alpha value is -0.480. The van der Waals surface area contributed by atoms with Crippen LogP contribution in [0, 0.1) is 0 Å². The molecular weight excluding hydrogens is 285 g/mol. The first kappa shape index (κ1) is 16.6. The molecule has 2 N–H and O–H groups in total. The Bertz CT molecular complexity index is 372. The summed E-state index contributed by atoms with van der Waals surface area (Å²) in [6.45, 7) is 5.39. The van der Waals surface area contributed by atoms with Crippen LogP contribution in [0.3, 0.4) is 0 Å². The van der Waals surface area contributed by atoms with E-state index in [0.29, 0.717) is 28.9 Å². The Morgan fingerprint density at radius 3 is 2.37 bits per heavy atom. The van der Waals surface area contributed by atoms with Gasteiger partial charge in [0.15, 0.2) is 5.75 Å². The van der Waals surface area contributed by atoms with Crippen molar-refractivity contribution in [1.82, 2.24) is 5.32 Å². The molecule has 0 spiro atoms. The van der Waals surface area contributed by atoms with Crippen LogP contribution in [0.4, 0.5) is 0 Å². The smallest absolute Gasteiger partial charge is 0.156 e. The van der Waals surface area contributed by atoms with Crippen LogP contribution < -0.4 is 10.1 Å². The molecule has 0 heterocycles. The van der Waals surface area contributed by atoms with Gasteiger partial charge in [0.05, 0.1) is 23.3 Å². The Kier molecular flexibility index (Phi) is 7.54. The van der Waals surface area contributed by atoms with Gasteiger partial charge in [-0.3, -0.25) is 0 Å². The van der Waals surface area contributed by atoms with Crippen LogP contribution in [0.2, 0.25) is 10.0 Å². The van der Waals surface area contributed by atoms with E-state index in [9.17, 15) is 0 Å². The second-order valence-electron chi connectivity index (χ2n) is 4.41. The molecule has 1 atom stereocenters. The van der Waals surface area contributed by atoms with E-state index in [4.69, 9.17) is 33.0 Å². The van der Waals surface area contributed by atoms with Crippen molar-refractivity contribution in [2.24, 2.45) is 0 Å². The van der Waals surface area contributed by atoms with Crippen molar-refractivity contribution in [2.75, 3.05) is 13.2 Å². The van der Waals surface area contributed by atoms with Crippen LogP contribution in [0.25, 0.3) is 0 Å². The third-order valence-corrected chi connectivity index (χ3v) is 3.38. The summed E-state index contributed by atoms with van der Waals surface area (Å²) in [5.74, 6) is 0.545. The fraction of sp³-hybridized carbons (Fsp3) is 0.571. The maximum Gasteiger partial charge on any atom is 0.156 e. The highest BCUT2D eigenvalue weighted by Crippen LogP contribution is 2.34. The summed E-state index contributed by atoms with van der Waals surface area (Å²) in [7, 11) is 0. The third-order valence-electron chi connectivity index (χ3n) is 2.82. The molecule has 108 valence electrons. The number of hydrogen-bond acceptors (Lipinski definition) is 3. The van der Waals surface area contributed by atoms with Crippen LogP contribution in [0.5, 0.6) is 5.75 Å². The minimum atomic E-state index is 0.0913. The zero-order valence-electron chi connectivity index (χ0n) is 11.4. The molecule has 0 radical (unpaired) electrons. The molecule has 0 saturated heterocycles. The zero-order valence-corrected chi connectivity index (χ0v) is 12.9. The molecule has 0 aliphatic carbocycles. The average Bonchev–Trinajstić information content (AvgIpc) is 2.39. The Morgan fingerprint density at radius 2 is 1.89 bits per heavy atom. The summed E-state index contributed by atoms with van der Waals surface area (Å²) < 4.78 is 5.52. The molecule has 5 heteroatoms. The van der Waals surface area contributed by atoms with Crippen molar-refractivity contribution < 1.29 is 9.84 Å². The molecule has 0 fully saturated rings. The monoisotopic (exact) mass is 305 g/mol. The molecular formula is C14H21Cl2NO2. The zero-order chi connectivity index (χ0) is 14.3. The van der Waals surface area contributed by atoms with E-state index >= 15 is 0 Å². The predicted octanol–water partition coefficient (Wildman–Crippen LogP) is 3.64. The molecule has 0 bridgehead atoms. The summed E-state index contributed by atoms with van der Waals surface area (Å²) in [4.78, 5) is 0. The first-order valence-corrected chi connectivity index (χ1v) is 7.32. The second-order valence-corrected chi connectivity index (χ2v) is 5.22. The number of aliphatic hydroxyl groups is 1. The van der Waals surface area contributed by atoms with Gasteiger partial charge in [0, 0.05) is 12.6 Å². The van der Waals surface area contributed by atoms with Gasteiger partial charge in [-0.05, 0) is 30.5 Å². The van der Waals surface area contributed by atoms with Gasteiger partial charge in [0.1, 0.15) is 0 Å². The third kappa shape index (κ3) is 5.19. The summed E-state index contributed by atoms with van der Waals surface area (Å²) in [6, 6.07) is 3.78. The maximum atomic E-state index is 9.12. The van der Waals surface area contributed by atoms with Crippen molar-refractivity contribution >= 4 is 23.2 Å². The number of rotatable bonds is 8. The number of ether oxygens (including phenoxy) is 1. The van der Waals surface area contributed by atoms with E-state index in [-0.39, 0.29) is 12.6 Å². The quantitative estimate of drug-likeness (QED) is 0.770. The Balaban J connectivity index is 2.71. The lowest BCUT2D eigenvalue weighted by molar-refractivity contribution is 0.238. The number of benzene rings is 1. The van der Waals surface area contributed by atoms with Crippen molar-refractivity contribution in [3.8, 4) is 5.75 Å². The molecule has 1 aromatic carbocycles. The minimum absolute atomic E-state index is 0.0913. The molecule has 1 rings (SSSR count). The van der Waals surface area contributed by atoms with E-state index in [1.165, 1.54) is 0 Å². The molecule has 0 aliphatic rings. The number of nitrogens with one attached hydrogen (secondary N) is 1. The molecule has 19 heavy (non-hydrogen) atoms. The largest absolute Gasteiger partial charge is 0.490 e. The maximum absolute atomic E-state index is 9.12. The number of halogens is 2. The normalized spacial score (nSPS) is 12.5. The number of hydrogen-bond donors (Lipinski definition) is 2. The molecule has 3 nitrogen and oxygen atoms in total. The van der Waals surface area contributed by atoms with Gasteiger partial charge in [-0.25, -0.2) is 0 Å². The standard InChI is InChI=1S/C14H21Cl2NO2/c1-3-5-19-14-12(15)6-10(7-13(14)16)8-17-11(4-2)9-18/h6-7,11,17-18H,3-5,8-9H2,1-2H3. The van der Waals surface area contributed by atoms with Crippen molar-refractivity contribution in [2.45, 2.75) is 39.3 Å². The van der Waals surface area contributed by atoms with Crippen molar-refractivity contribution in [3.05, 3.63) is 27.7 Å². The Labute approximate surface area is 124 Å². The van der Waals surface area contributed by atoms with Crippen molar-refractivity contribution in [3.63, 3.8) is 0 Å². The molecule has 0 amide bonds. The van der Waals surface area contributed by atoms with E-state index in [2.05, 4.69) is 5.32 Å². The van der Waals surface area contributed by atoms with E-state index in [0.717, 1.165) is 18.4 Å². The average molecular weight is 306 g/mol. The first-order valence-electron chi connectivity index (χ1n) is 6.57. The number of aliphatic hydroxyl groups excluding tert-OH is 1. The Morgan fingerprint density at radius 1 is 1.26 bits per heavy atom. The van der Waals surface area contributed by atoms with Crippen LogP contribution >= 0.6 is 23.2 Å². The summed E-state index contributed by atoms with van der Waals surface area (Å²) in [5.41, 5.74) is 0.978. The van der Waals surface area contributed by atoms with Gasteiger partial charge in [-0.15, -0.1) is 0 Å². The van der Waals surface area contributed by atoms with E-state index in [1.54, 1.807) is 0 Å². The predicted molar refractivity (Wildman–Crippen MR) is 80.3 cm³/mol. The fourth-order valence-corrected chi connectivity index (χ4v) is 2.30. The van der Waals surface area contributed by atoms with Crippen LogP contribution in [-0.4, -0.2) is 24.4 Å². The lowest BCUT2D eigenvalue weighted by atomic mass is 10.2. The highest BCUT2D eigenvalue weighted by atomic mass is 35.5. The van der Waals surface area contributed by atoms with Crippen LogP contribution in [-0.2, 0) is 6.54 Å². The van der Waals surface area contributed by atoms with Gasteiger partial charge in [0.2, 0.25) is 0 Å². The minimum Gasteiger partial charge on any atom is -0.490 e. The summed E-state index contributed by atoms with van der Waals surface area (Å²) >= 11 is 12.3. The lowest BCUT2D eigenvalue weighted by Crippen LogP contribution is -2.31. The van der Waals surface area contributed by atoms with Crippen molar-refractivity contribution in [1.29, 1.82) is 0 Å². The fourth-order valence-electron chi connectivity index (χ4n) is 1.66. The molecule has 0 saturated carbocycles. The molecule has 1 unspecified atom stereocenters. The lowest BCUT2D eigenvalue weighted by Gasteiger charge is -2.15. The summed E-state index contributed by atoms with van der Waals surface area (Å²) in [6.07, 6.45) is 1.78. The molecule has 0 aromatic heterocycles. The van der Waals surface area contributed by atoms with E-state index in [1.807, 2.05) is 26.0 Å². The SMILES string of the molecule is CCCOc1c(Cl)cc(CNC(CC)CO)cc1Cl.